The lowest BCUT2D eigenvalue weighted by molar-refractivity contribution is 0.135. The van der Waals surface area contributed by atoms with Crippen LogP contribution >= 0.6 is 0 Å². The molecular weight excluding hydrogens is 336 g/mol. The Labute approximate surface area is 178 Å². The zero-order valence-electron chi connectivity index (χ0n) is 19.6. The van der Waals surface area contributed by atoms with Gasteiger partial charge in [-0.3, -0.25) is 0 Å². The normalized spacial score (nSPS) is 37.1. The van der Waals surface area contributed by atoms with Gasteiger partial charge in [0.25, 0.3) is 0 Å². The minimum Gasteiger partial charge on any atom is -0.0654 e. The molecule has 0 spiro atoms. The van der Waals surface area contributed by atoms with Gasteiger partial charge in [-0.1, -0.05) is 117 Å². The fraction of sp³-hybridized carbons (Fsp3) is 1.00. The first-order chi connectivity index (χ1) is 13.8. The highest BCUT2D eigenvalue weighted by atomic mass is 14.4. The van der Waals surface area contributed by atoms with Crippen LogP contribution in [0.25, 0.3) is 0 Å². The Morgan fingerprint density at radius 3 is 1.21 bits per heavy atom. The van der Waals surface area contributed by atoms with Gasteiger partial charge in [0, 0.05) is 0 Å². The van der Waals surface area contributed by atoms with Crippen LogP contribution in [0, 0.1) is 35.5 Å². The van der Waals surface area contributed by atoms with Crippen LogP contribution in [0.4, 0.5) is 0 Å². The molecule has 0 atom stereocenters. The van der Waals surface area contributed by atoms with E-state index in [1.807, 2.05) is 0 Å². The standard InChI is InChI=1S/C28H52/c1-3-5-6-8-24-15-19-27(20-16-24)28-21-17-26(18-22-28)14-13-25-11-9-23(7-4-2)10-12-25/h23-28H,3-22H2,1-2H3. The van der Waals surface area contributed by atoms with Crippen LogP contribution in [-0.4, -0.2) is 0 Å². The van der Waals surface area contributed by atoms with Gasteiger partial charge in [-0.15, -0.1) is 0 Å². The molecule has 0 unspecified atom stereocenters. The molecule has 3 saturated carbocycles. The highest BCUT2D eigenvalue weighted by molar-refractivity contribution is 4.83. The maximum Gasteiger partial charge on any atom is -0.0386 e. The average Bonchev–Trinajstić information content (AvgIpc) is 2.75. The summed E-state index contributed by atoms with van der Waals surface area (Å²) in [5.41, 5.74) is 0. The maximum atomic E-state index is 2.36. The smallest absolute Gasteiger partial charge is 0.0386 e. The second-order valence-electron chi connectivity index (χ2n) is 11.3. The van der Waals surface area contributed by atoms with E-state index in [-0.39, 0.29) is 0 Å². The zero-order chi connectivity index (χ0) is 19.6. The number of hydrogen-bond acceptors (Lipinski definition) is 0. The van der Waals surface area contributed by atoms with Crippen molar-refractivity contribution in [3.63, 3.8) is 0 Å². The summed E-state index contributed by atoms with van der Waals surface area (Å²) >= 11 is 0. The van der Waals surface area contributed by atoms with Gasteiger partial charge in [-0.2, -0.15) is 0 Å². The van der Waals surface area contributed by atoms with E-state index < -0.39 is 0 Å². The zero-order valence-corrected chi connectivity index (χ0v) is 19.6. The summed E-state index contributed by atoms with van der Waals surface area (Å²) in [6.45, 7) is 4.70. The highest BCUT2D eigenvalue weighted by Crippen LogP contribution is 2.44. The third kappa shape index (κ3) is 7.36. The topological polar surface area (TPSA) is 0 Å². The van der Waals surface area contributed by atoms with Crippen LogP contribution < -0.4 is 0 Å². The third-order valence-electron chi connectivity index (χ3n) is 9.31. The Morgan fingerprint density at radius 2 is 0.786 bits per heavy atom. The molecule has 0 aromatic rings. The van der Waals surface area contributed by atoms with Gasteiger partial charge in [-0.25, -0.2) is 0 Å². The third-order valence-corrected chi connectivity index (χ3v) is 9.31. The van der Waals surface area contributed by atoms with Crippen molar-refractivity contribution in [3.8, 4) is 0 Å². The molecule has 0 radical (unpaired) electrons. The predicted molar refractivity (Wildman–Crippen MR) is 125 cm³/mol. The van der Waals surface area contributed by atoms with E-state index in [0.29, 0.717) is 0 Å². The van der Waals surface area contributed by atoms with E-state index in [2.05, 4.69) is 13.8 Å². The number of hydrogen-bond donors (Lipinski definition) is 0. The molecule has 3 fully saturated rings. The van der Waals surface area contributed by atoms with Crippen molar-refractivity contribution in [2.45, 2.75) is 142 Å². The van der Waals surface area contributed by atoms with Gasteiger partial charge in [0.15, 0.2) is 0 Å². The van der Waals surface area contributed by atoms with Crippen LogP contribution in [0.3, 0.4) is 0 Å². The molecule has 164 valence electrons. The lowest BCUT2D eigenvalue weighted by Crippen LogP contribution is -2.26. The summed E-state index contributed by atoms with van der Waals surface area (Å²) in [4.78, 5) is 0. The molecule has 28 heavy (non-hydrogen) atoms. The van der Waals surface area contributed by atoms with Crippen molar-refractivity contribution >= 4 is 0 Å². The fourth-order valence-electron chi connectivity index (χ4n) is 7.27. The van der Waals surface area contributed by atoms with E-state index in [0.717, 1.165) is 35.5 Å². The number of rotatable bonds is 10. The lowest BCUT2D eigenvalue weighted by Gasteiger charge is -2.38. The Balaban J connectivity index is 1.25. The molecule has 0 N–H and O–H groups in total. The largest absolute Gasteiger partial charge is 0.0654 e. The molecule has 0 heterocycles. The van der Waals surface area contributed by atoms with E-state index in [4.69, 9.17) is 0 Å². The lowest BCUT2D eigenvalue weighted by atomic mass is 9.68. The van der Waals surface area contributed by atoms with Gasteiger partial charge in [0.05, 0.1) is 0 Å². The first-order valence-electron chi connectivity index (χ1n) is 13.8. The molecular formula is C28H52. The fourth-order valence-corrected chi connectivity index (χ4v) is 7.27. The molecule has 0 aromatic heterocycles. The monoisotopic (exact) mass is 388 g/mol. The summed E-state index contributed by atoms with van der Waals surface area (Å²) < 4.78 is 0. The Hall–Kier alpha value is 0. The van der Waals surface area contributed by atoms with Gasteiger partial charge in [0.1, 0.15) is 0 Å². The van der Waals surface area contributed by atoms with E-state index in [9.17, 15) is 0 Å². The van der Waals surface area contributed by atoms with Crippen molar-refractivity contribution < 1.29 is 0 Å². The molecule has 3 aliphatic carbocycles. The minimum absolute atomic E-state index is 1.08. The molecule has 0 bridgehead atoms. The summed E-state index contributed by atoms with van der Waals surface area (Å²) in [5, 5.41) is 0. The Morgan fingerprint density at radius 1 is 0.393 bits per heavy atom. The van der Waals surface area contributed by atoms with Crippen LogP contribution in [0.5, 0.6) is 0 Å². The maximum absolute atomic E-state index is 2.36. The summed E-state index contributed by atoms with van der Waals surface area (Å²) in [5.74, 6) is 6.57. The van der Waals surface area contributed by atoms with Gasteiger partial charge < -0.3 is 0 Å². The molecule has 0 aliphatic heterocycles. The van der Waals surface area contributed by atoms with Crippen LogP contribution in [0.2, 0.25) is 0 Å². The van der Waals surface area contributed by atoms with Gasteiger partial charge in [0.2, 0.25) is 0 Å². The van der Waals surface area contributed by atoms with Crippen molar-refractivity contribution in [1.82, 2.24) is 0 Å². The molecule has 0 heteroatoms. The summed E-state index contributed by atoms with van der Waals surface area (Å²) in [6, 6.07) is 0. The van der Waals surface area contributed by atoms with Crippen LogP contribution in [0.1, 0.15) is 142 Å². The van der Waals surface area contributed by atoms with Crippen LogP contribution in [-0.2, 0) is 0 Å². The number of unbranched alkanes of at least 4 members (excludes halogenated alkanes) is 2. The predicted octanol–water partition coefficient (Wildman–Crippen LogP) is 9.57. The van der Waals surface area contributed by atoms with Gasteiger partial charge in [-0.05, 0) is 61.2 Å². The second kappa shape index (κ2) is 12.6. The van der Waals surface area contributed by atoms with E-state index in [1.54, 1.807) is 89.9 Å². The molecule has 0 amide bonds. The molecule has 0 aromatic carbocycles. The molecule has 0 saturated heterocycles. The molecule has 3 rings (SSSR count). The van der Waals surface area contributed by atoms with Crippen molar-refractivity contribution in [2.24, 2.45) is 35.5 Å². The Kier molecular flexibility index (Phi) is 10.2. The van der Waals surface area contributed by atoms with E-state index >= 15 is 0 Å². The van der Waals surface area contributed by atoms with Crippen molar-refractivity contribution in [2.75, 3.05) is 0 Å². The molecule has 3 aliphatic rings. The quantitative estimate of drug-likeness (QED) is 0.327. The van der Waals surface area contributed by atoms with Crippen molar-refractivity contribution in [1.29, 1.82) is 0 Å². The van der Waals surface area contributed by atoms with Crippen LogP contribution in [0.15, 0.2) is 0 Å². The summed E-state index contributed by atoms with van der Waals surface area (Å²) in [6.07, 6.45) is 30.7. The first kappa shape index (κ1) is 22.7. The highest BCUT2D eigenvalue weighted by Gasteiger charge is 2.31. The first-order valence-corrected chi connectivity index (χ1v) is 13.8. The Bertz CT molecular complexity index is 375. The second-order valence-corrected chi connectivity index (χ2v) is 11.3. The SMILES string of the molecule is CCCCCC1CCC(C2CCC(CCC3CCC(CCC)CC3)CC2)CC1. The van der Waals surface area contributed by atoms with E-state index in [1.165, 1.54) is 38.5 Å². The van der Waals surface area contributed by atoms with Gasteiger partial charge >= 0.3 is 0 Å². The van der Waals surface area contributed by atoms with Crippen molar-refractivity contribution in [3.05, 3.63) is 0 Å². The molecule has 0 nitrogen and oxygen atoms in total. The average molecular weight is 389 g/mol. The minimum atomic E-state index is 1.08. The summed E-state index contributed by atoms with van der Waals surface area (Å²) in [7, 11) is 0.